The summed E-state index contributed by atoms with van der Waals surface area (Å²) in [5, 5.41) is 13.4. The second-order valence-corrected chi connectivity index (χ2v) is 9.22. The summed E-state index contributed by atoms with van der Waals surface area (Å²) >= 11 is 2.95. The highest BCUT2D eigenvalue weighted by atomic mass is 32.2. The molecule has 1 N–H and O–H groups in total. The van der Waals surface area contributed by atoms with Crippen LogP contribution in [0.4, 0.5) is 0 Å². The Hall–Kier alpha value is -3.76. The molecular formula is C26H25N5O3S2. The topological polar surface area (TPSA) is 90.6 Å². The maximum atomic E-state index is 12.4. The molecule has 36 heavy (non-hydrogen) atoms. The van der Waals surface area contributed by atoms with Gasteiger partial charge >= 0.3 is 0 Å². The van der Waals surface area contributed by atoms with Crippen LogP contribution in [0.15, 0.2) is 87.9 Å². The van der Waals surface area contributed by atoms with Gasteiger partial charge in [-0.3, -0.25) is 9.36 Å². The summed E-state index contributed by atoms with van der Waals surface area (Å²) in [6.07, 6.45) is 3.64. The number of para-hydroxylation sites is 1. The number of thioether (sulfide) groups is 2. The largest absolute Gasteiger partial charge is 0.493 e. The number of rotatable bonds is 10. The van der Waals surface area contributed by atoms with Gasteiger partial charge in [0.15, 0.2) is 22.5 Å². The van der Waals surface area contributed by atoms with Gasteiger partial charge in [0.1, 0.15) is 0 Å². The lowest BCUT2D eigenvalue weighted by atomic mass is 10.2. The van der Waals surface area contributed by atoms with Crippen molar-refractivity contribution >= 4 is 35.6 Å². The molecule has 0 unspecified atom stereocenters. The highest BCUT2D eigenvalue weighted by Gasteiger charge is 2.18. The van der Waals surface area contributed by atoms with E-state index in [2.05, 4.69) is 20.7 Å². The van der Waals surface area contributed by atoms with E-state index in [1.54, 1.807) is 32.2 Å². The van der Waals surface area contributed by atoms with Crippen LogP contribution >= 0.6 is 23.5 Å². The number of hydrogen-bond acceptors (Lipinski definition) is 8. The third-order valence-electron chi connectivity index (χ3n) is 5.14. The van der Waals surface area contributed by atoms with Crippen molar-refractivity contribution in [2.45, 2.75) is 10.1 Å². The quantitative estimate of drug-likeness (QED) is 0.181. The molecule has 0 atom stereocenters. The van der Waals surface area contributed by atoms with E-state index in [0.29, 0.717) is 22.5 Å². The molecule has 10 heteroatoms. The zero-order chi connectivity index (χ0) is 25.3. The van der Waals surface area contributed by atoms with E-state index in [1.807, 2.05) is 83.6 Å². The Labute approximate surface area is 218 Å². The number of hydrazone groups is 1. The van der Waals surface area contributed by atoms with Crippen LogP contribution in [0.1, 0.15) is 5.56 Å². The van der Waals surface area contributed by atoms with Gasteiger partial charge in [0.25, 0.3) is 5.91 Å². The summed E-state index contributed by atoms with van der Waals surface area (Å²) in [5.74, 6) is 1.72. The van der Waals surface area contributed by atoms with E-state index in [-0.39, 0.29) is 11.7 Å². The lowest BCUT2D eigenvalue weighted by molar-refractivity contribution is -0.118. The Morgan fingerprint density at radius 2 is 1.75 bits per heavy atom. The Bertz CT molecular complexity index is 1340. The van der Waals surface area contributed by atoms with Crippen molar-refractivity contribution < 1.29 is 14.3 Å². The van der Waals surface area contributed by atoms with Crippen molar-refractivity contribution in [3.63, 3.8) is 0 Å². The summed E-state index contributed by atoms with van der Waals surface area (Å²) in [6, 6.07) is 23.2. The Balaban J connectivity index is 1.51. The molecule has 8 nitrogen and oxygen atoms in total. The van der Waals surface area contributed by atoms with Gasteiger partial charge in [-0.25, -0.2) is 5.43 Å². The molecule has 0 saturated heterocycles. The number of nitrogens with one attached hydrogen (secondary N) is 1. The third-order valence-corrected chi connectivity index (χ3v) is 6.81. The van der Waals surface area contributed by atoms with Crippen molar-refractivity contribution in [2.75, 3.05) is 26.2 Å². The first-order valence-electron chi connectivity index (χ1n) is 10.9. The highest BCUT2D eigenvalue weighted by Crippen LogP contribution is 2.34. The van der Waals surface area contributed by atoms with E-state index in [0.717, 1.165) is 16.8 Å². The Kier molecular flexibility index (Phi) is 8.64. The standard InChI is InChI=1S/C26H25N5O3S2/c1-33-22-14-11-19(15-23(22)34-2)25-29-30-26(31(25)20-7-5-4-6-8-20)36-17-24(32)28-27-16-18-9-12-21(35-3)13-10-18/h4-16H,17H2,1-3H3,(H,28,32)/b27-16+. The number of carbonyl (C=O) groups is 1. The molecule has 1 amide bonds. The average molecular weight is 520 g/mol. The number of methoxy groups -OCH3 is 2. The second kappa shape index (κ2) is 12.3. The molecule has 0 spiro atoms. The van der Waals surface area contributed by atoms with Crippen LogP contribution in [-0.2, 0) is 4.79 Å². The molecule has 1 aromatic heterocycles. The molecule has 0 aliphatic carbocycles. The lowest BCUT2D eigenvalue weighted by Gasteiger charge is -2.12. The van der Waals surface area contributed by atoms with E-state index in [4.69, 9.17) is 9.47 Å². The second-order valence-electron chi connectivity index (χ2n) is 7.40. The van der Waals surface area contributed by atoms with Gasteiger partial charge in [-0.2, -0.15) is 5.10 Å². The summed E-state index contributed by atoms with van der Waals surface area (Å²) in [6.45, 7) is 0. The highest BCUT2D eigenvalue weighted by molar-refractivity contribution is 7.99. The van der Waals surface area contributed by atoms with Crippen LogP contribution in [0, 0.1) is 0 Å². The van der Waals surface area contributed by atoms with Gasteiger partial charge in [-0.05, 0) is 54.3 Å². The van der Waals surface area contributed by atoms with Gasteiger partial charge in [0.05, 0.1) is 26.2 Å². The first-order valence-corrected chi connectivity index (χ1v) is 13.2. The predicted molar refractivity (Wildman–Crippen MR) is 145 cm³/mol. The fourth-order valence-corrected chi connectivity index (χ4v) is 4.52. The molecule has 0 aliphatic rings. The Morgan fingerprint density at radius 3 is 2.44 bits per heavy atom. The zero-order valence-corrected chi connectivity index (χ0v) is 21.7. The molecule has 0 bridgehead atoms. The Morgan fingerprint density at radius 1 is 1.00 bits per heavy atom. The summed E-state index contributed by atoms with van der Waals surface area (Å²) < 4.78 is 12.7. The van der Waals surface area contributed by atoms with Crippen molar-refractivity contribution in [3.05, 3.63) is 78.4 Å². The average Bonchev–Trinajstić information content (AvgIpc) is 3.36. The van der Waals surface area contributed by atoms with Crippen LogP contribution in [0.25, 0.3) is 17.1 Å². The van der Waals surface area contributed by atoms with E-state index >= 15 is 0 Å². The maximum Gasteiger partial charge on any atom is 0.250 e. The first-order chi connectivity index (χ1) is 17.6. The molecule has 0 saturated carbocycles. The van der Waals surface area contributed by atoms with Gasteiger partial charge in [0, 0.05) is 16.1 Å². The molecule has 0 fully saturated rings. The van der Waals surface area contributed by atoms with Crippen LogP contribution in [0.5, 0.6) is 11.5 Å². The molecule has 4 rings (SSSR count). The summed E-state index contributed by atoms with van der Waals surface area (Å²) in [4.78, 5) is 13.6. The smallest absolute Gasteiger partial charge is 0.250 e. The van der Waals surface area contributed by atoms with E-state index in [9.17, 15) is 4.79 Å². The van der Waals surface area contributed by atoms with Gasteiger partial charge in [0.2, 0.25) is 0 Å². The van der Waals surface area contributed by atoms with Gasteiger partial charge < -0.3 is 9.47 Å². The van der Waals surface area contributed by atoms with Crippen molar-refractivity contribution in [2.24, 2.45) is 5.10 Å². The van der Waals surface area contributed by atoms with Crippen molar-refractivity contribution in [1.29, 1.82) is 0 Å². The maximum absolute atomic E-state index is 12.4. The van der Waals surface area contributed by atoms with Crippen LogP contribution < -0.4 is 14.9 Å². The number of benzene rings is 3. The van der Waals surface area contributed by atoms with Crippen LogP contribution in [0.2, 0.25) is 0 Å². The summed E-state index contributed by atoms with van der Waals surface area (Å²) in [7, 11) is 3.18. The molecule has 0 radical (unpaired) electrons. The summed E-state index contributed by atoms with van der Waals surface area (Å²) in [5.41, 5.74) is 5.16. The fraction of sp³-hybridized carbons (Fsp3) is 0.154. The number of hydrogen-bond donors (Lipinski definition) is 1. The van der Waals surface area contributed by atoms with Crippen molar-refractivity contribution in [3.8, 4) is 28.6 Å². The van der Waals surface area contributed by atoms with E-state index in [1.165, 1.54) is 16.7 Å². The first kappa shape index (κ1) is 25.3. The minimum absolute atomic E-state index is 0.125. The molecule has 4 aromatic rings. The van der Waals surface area contributed by atoms with E-state index < -0.39 is 0 Å². The monoisotopic (exact) mass is 519 g/mol. The molecular weight excluding hydrogens is 494 g/mol. The minimum Gasteiger partial charge on any atom is -0.493 e. The van der Waals surface area contributed by atoms with Crippen molar-refractivity contribution in [1.82, 2.24) is 20.2 Å². The predicted octanol–water partition coefficient (Wildman–Crippen LogP) is 4.92. The number of amides is 1. The number of aromatic nitrogens is 3. The molecule has 1 heterocycles. The third kappa shape index (κ3) is 6.07. The zero-order valence-electron chi connectivity index (χ0n) is 20.0. The normalized spacial score (nSPS) is 11.0. The number of carbonyl (C=O) groups excluding carboxylic acids is 1. The minimum atomic E-state index is -0.243. The number of nitrogens with zero attached hydrogens (tertiary/aromatic N) is 4. The fourth-order valence-electron chi connectivity index (χ4n) is 3.37. The van der Waals surface area contributed by atoms with Crippen LogP contribution in [0.3, 0.4) is 0 Å². The molecule has 0 aliphatic heterocycles. The number of ether oxygens (including phenoxy) is 2. The van der Waals surface area contributed by atoms with Crippen LogP contribution in [-0.4, -0.2) is 53.1 Å². The molecule has 184 valence electrons. The SMILES string of the molecule is COc1ccc(-c2nnc(SCC(=O)N/N=C/c3ccc(SC)cc3)n2-c2ccccc2)cc1OC. The van der Waals surface area contributed by atoms with Gasteiger partial charge in [-0.1, -0.05) is 42.1 Å². The molecule has 3 aromatic carbocycles. The lowest BCUT2D eigenvalue weighted by Crippen LogP contribution is -2.20. The van der Waals surface area contributed by atoms with Gasteiger partial charge in [-0.15, -0.1) is 22.0 Å².